The van der Waals surface area contributed by atoms with Crippen LogP contribution in [0.3, 0.4) is 0 Å². The number of amides is 1. The number of carboxylic acid groups (broad SMARTS) is 1. The van der Waals surface area contributed by atoms with Crippen LogP contribution >= 0.6 is 0 Å². The molecule has 0 unspecified atom stereocenters. The van der Waals surface area contributed by atoms with Gasteiger partial charge in [-0.2, -0.15) is 4.31 Å². The molecule has 2 N–H and O–H groups in total. The molecule has 1 aromatic carbocycles. The molecule has 0 radical (unpaired) electrons. The standard InChI is InChI=1S/C16H22N2O6S/c1-11-9-18(10-14(11)16(20)21)25(22,23)13-5-3-4-12(8-13)15(19)17-6-7-24-2/h3-5,8,11,14H,6-7,9-10H2,1-2H3,(H,17,19)(H,20,21)/t11-,14-/m1/s1. The Kier molecular flexibility index (Phi) is 6.15. The lowest BCUT2D eigenvalue weighted by Crippen LogP contribution is -2.31. The van der Waals surface area contributed by atoms with Crippen LogP contribution in [0.4, 0.5) is 0 Å². The summed E-state index contributed by atoms with van der Waals surface area (Å²) in [6.07, 6.45) is 0. The number of rotatable bonds is 7. The highest BCUT2D eigenvalue weighted by Crippen LogP contribution is 2.29. The summed E-state index contributed by atoms with van der Waals surface area (Å²) >= 11 is 0. The van der Waals surface area contributed by atoms with Gasteiger partial charge >= 0.3 is 5.97 Å². The second kappa shape index (κ2) is 7.94. The Hall–Kier alpha value is -1.97. The molecule has 1 aromatic rings. The molecule has 0 aliphatic carbocycles. The Labute approximate surface area is 146 Å². The monoisotopic (exact) mass is 370 g/mol. The van der Waals surface area contributed by atoms with Crippen molar-refractivity contribution in [3.63, 3.8) is 0 Å². The van der Waals surface area contributed by atoms with Gasteiger partial charge in [0.1, 0.15) is 0 Å². The van der Waals surface area contributed by atoms with E-state index in [0.717, 1.165) is 0 Å². The highest BCUT2D eigenvalue weighted by Gasteiger charge is 2.40. The first kappa shape index (κ1) is 19.4. The summed E-state index contributed by atoms with van der Waals surface area (Å²) in [5.74, 6) is -2.40. The van der Waals surface area contributed by atoms with Crippen molar-refractivity contribution in [2.24, 2.45) is 11.8 Å². The van der Waals surface area contributed by atoms with Crippen LogP contribution in [0.15, 0.2) is 29.2 Å². The third kappa shape index (κ3) is 4.36. The minimum absolute atomic E-state index is 0.0230. The smallest absolute Gasteiger partial charge is 0.308 e. The number of sulfonamides is 1. The van der Waals surface area contributed by atoms with Crippen molar-refractivity contribution >= 4 is 21.9 Å². The Morgan fingerprint density at radius 1 is 1.36 bits per heavy atom. The van der Waals surface area contributed by atoms with Crippen LogP contribution in [-0.2, 0) is 19.6 Å². The summed E-state index contributed by atoms with van der Waals surface area (Å²) in [7, 11) is -2.34. The lowest BCUT2D eigenvalue weighted by atomic mass is 9.99. The number of carbonyl (C=O) groups excluding carboxylic acids is 1. The first-order chi connectivity index (χ1) is 11.8. The molecule has 8 nitrogen and oxygen atoms in total. The maximum absolute atomic E-state index is 12.8. The molecule has 1 fully saturated rings. The van der Waals surface area contributed by atoms with Gasteiger partial charge in [-0.3, -0.25) is 9.59 Å². The molecule has 0 saturated carbocycles. The average Bonchev–Trinajstić information content (AvgIpc) is 2.98. The lowest BCUT2D eigenvalue weighted by Gasteiger charge is -2.16. The van der Waals surface area contributed by atoms with Crippen molar-refractivity contribution in [3.05, 3.63) is 29.8 Å². The zero-order chi connectivity index (χ0) is 18.6. The molecule has 9 heteroatoms. The molecule has 0 bridgehead atoms. The number of benzene rings is 1. The summed E-state index contributed by atoms with van der Waals surface area (Å²) < 4.78 is 31.5. The van der Waals surface area contributed by atoms with Gasteiger partial charge in [-0.05, 0) is 24.1 Å². The first-order valence-electron chi connectivity index (χ1n) is 7.87. The van der Waals surface area contributed by atoms with E-state index >= 15 is 0 Å². The molecule has 138 valence electrons. The fraction of sp³-hybridized carbons (Fsp3) is 0.500. The van der Waals surface area contributed by atoms with E-state index in [1.165, 1.54) is 35.7 Å². The molecule has 2 atom stereocenters. The summed E-state index contributed by atoms with van der Waals surface area (Å²) in [6, 6.07) is 5.72. The number of nitrogens with zero attached hydrogens (tertiary/aromatic N) is 1. The van der Waals surface area contributed by atoms with E-state index in [2.05, 4.69) is 5.32 Å². The van der Waals surface area contributed by atoms with Gasteiger partial charge in [-0.15, -0.1) is 0 Å². The number of hydrogen-bond donors (Lipinski definition) is 2. The molecule has 25 heavy (non-hydrogen) atoms. The van der Waals surface area contributed by atoms with E-state index in [1.54, 1.807) is 6.92 Å². The third-order valence-electron chi connectivity index (χ3n) is 4.22. The molecule has 1 heterocycles. The molecule has 1 aliphatic rings. The number of carbonyl (C=O) groups is 2. The molecule has 1 aliphatic heterocycles. The summed E-state index contributed by atoms with van der Waals surface area (Å²) in [5, 5.41) is 11.8. The van der Waals surface area contributed by atoms with E-state index in [-0.39, 0.29) is 29.5 Å². The number of aliphatic carboxylic acids is 1. The molecule has 0 aromatic heterocycles. The van der Waals surface area contributed by atoms with E-state index in [0.29, 0.717) is 13.2 Å². The molecular weight excluding hydrogens is 348 g/mol. The molecule has 1 saturated heterocycles. The predicted molar refractivity (Wildman–Crippen MR) is 89.7 cm³/mol. The SMILES string of the molecule is COCCNC(=O)c1cccc(S(=O)(=O)N2C[C@@H](C)[C@H](C(=O)O)C2)c1. The van der Waals surface area contributed by atoms with Crippen LogP contribution in [-0.4, -0.2) is 63.1 Å². The number of hydrogen-bond acceptors (Lipinski definition) is 5. The van der Waals surface area contributed by atoms with E-state index in [9.17, 15) is 23.1 Å². The van der Waals surface area contributed by atoms with Crippen molar-refractivity contribution < 1.29 is 27.9 Å². The highest BCUT2D eigenvalue weighted by molar-refractivity contribution is 7.89. The van der Waals surface area contributed by atoms with E-state index in [1.807, 2.05) is 0 Å². The normalized spacial score (nSPS) is 21.2. The quantitative estimate of drug-likeness (QED) is 0.672. The summed E-state index contributed by atoms with van der Waals surface area (Å²) in [6.45, 7) is 2.46. The third-order valence-corrected chi connectivity index (χ3v) is 6.05. The van der Waals surface area contributed by atoms with Crippen LogP contribution in [0, 0.1) is 11.8 Å². The number of ether oxygens (including phenoxy) is 1. The maximum Gasteiger partial charge on any atom is 0.308 e. The maximum atomic E-state index is 12.8. The van der Waals surface area contributed by atoms with Gasteiger partial charge in [0.25, 0.3) is 5.91 Å². The zero-order valence-corrected chi connectivity index (χ0v) is 15.0. The Balaban J connectivity index is 2.19. The topological polar surface area (TPSA) is 113 Å². The van der Waals surface area contributed by atoms with Crippen LogP contribution in [0.25, 0.3) is 0 Å². The van der Waals surface area contributed by atoms with Crippen molar-refractivity contribution in [2.75, 3.05) is 33.4 Å². The van der Waals surface area contributed by atoms with Crippen molar-refractivity contribution in [1.29, 1.82) is 0 Å². The van der Waals surface area contributed by atoms with Crippen molar-refractivity contribution in [2.45, 2.75) is 11.8 Å². The van der Waals surface area contributed by atoms with Gasteiger partial charge in [0, 0.05) is 32.3 Å². The minimum atomic E-state index is -3.85. The molecular formula is C16H22N2O6S. The lowest BCUT2D eigenvalue weighted by molar-refractivity contribution is -0.142. The average molecular weight is 370 g/mol. The number of methoxy groups -OCH3 is 1. The van der Waals surface area contributed by atoms with E-state index < -0.39 is 27.8 Å². The summed E-state index contributed by atoms with van der Waals surface area (Å²) in [4.78, 5) is 23.2. The van der Waals surface area contributed by atoms with Crippen LogP contribution in [0.5, 0.6) is 0 Å². The van der Waals surface area contributed by atoms with Gasteiger partial charge in [0.05, 0.1) is 17.4 Å². The predicted octanol–water partition coefficient (Wildman–Crippen LogP) is 0.404. The first-order valence-corrected chi connectivity index (χ1v) is 9.31. The van der Waals surface area contributed by atoms with E-state index in [4.69, 9.17) is 4.74 Å². The molecule has 2 rings (SSSR count). The van der Waals surface area contributed by atoms with Crippen LogP contribution < -0.4 is 5.32 Å². The minimum Gasteiger partial charge on any atom is -0.481 e. The van der Waals surface area contributed by atoms with Crippen molar-refractivity contribution in [1.82, 2.24) is 9.62 Å². The van der Waals surface area contributed by atoms with Gasteiger partial charge < -0.3 is 15.2 Å². The van der Waals surface area contributed by atoms with Gasteiger partial charge in [-0.25, -0.2) is 8.42 Å². The molecule has 1 amide bonds. The van der Waals surface area contributed by atoms with Gasteiger partial charge in [-0.1, -0.05) is 13.0 Å². The largest absolute Gasteiger partial charge is 0.481 e. The molecule has 0 spiro atoms. The number of nitrogens with one attached hydrogen (secondary N) is 1. The fourth-order valence-corrected chi connectivity index (χ4v) is 4.37. The van der Waals surface area contributed by atoms with Crippen LogP contribution in [0.2, 0.25) is 0 Å². The fourth-order valence-electron chi connectivity index (χ4n) is 2.76. The second-order valence-corrected chi connectivity index (χ2v) is 7.96. The summed E-state index contributed by atoms with van der Waals surface area (Å²) in [5.41, 5.74) is 0.221. The van der Waals surface area contributed by atoms with Crippen LogP contribution in [0.1, 0.15) is 17.3 Å². The van der Waals surface area contributed by atoms with Crippen molar-refractivity contribution in [3.8, 4) is 0 Å². The van der Waals surface area contributed by atoms with Gasteiger partial charge in [0.15, 0.2) is 0 Å². The van der Waals surface area contributed by atoms with Gasteiger partial charge in [0.2, 0.25) is 10.0 Å². The highest BCUT2D eigenvalue weighted by atomic mass is 32.2. The number of carboxylic acids is 1. The Bertz CT molecular complexity index is 749. The second-order valence-electron chi connectivity index (χ2n) is 6.02. The zero-order valence-electron chi connectivity index (χ0n) is 14.1. The Morgan fingerprint density at radius 3 is 2.68 bits per heavy atom. The Morgan fingerprint density at radius 2 is 2.08 bits per heavy atom.